The molecule has 0 spiro atoms. The summed E-state index contributed by atoms with van der Waals surface area (Å²) in [6, 6.07) is 40.4. The Labute approximate surface area is 365 Å². The summed E-state index contributed by atoms with van der Waals surface area (Å²) in [6.45, 7) is -0.0163. The van der Waals surface area contributed by atoms with Crippen LogP contribution in [0.2, 0.25) is 0 Å². The summed E-state index contributed by atoms with van der Waals surface area (Å²) in [4.78, 5) is 0. The Morgan fingerprint density at radius 1 is 0.460 bits per heavy atom. The smallest absolute Gasteiger partial charge is 0.333 e. The van der Waals surface area contributed by atoms with Gasteiger partial charge in [-0.2, -0.15) is 0 Å². The van der Waals surface area contributed by atoms with E-state index >= 15 is 0 Å². The minimum absolute atomic E-state index is 0.0163. The molecular formula is C58H47BN2O2. The van der Waals surface area contributed by atoms with Crippen LogP contribution in [0.3, 0.4) is 0 Å². The summed E-state index contributed by atoms with van der Waals surface area (Å²) in [6.07, 6.45) is 17.1. The van der Waals surface area contributed by atoms with Crippen molar-refractivity contribution < 1.29 is 8.83 Å². The third-order valence-corrected chi connectivity index (χ3v) is 19.5. The van der Waals surface area contributed by atoms with Crippen molar-refractivity contribution in [1.82, 2.24) is 9.05 Å². The highest BCUT2D eigenvalue weighted by atomic mass is 16.3. The zero-order chi connectivity index (χ0) is 40.2. The van der Waals surface area contributed by atoms with E-state index in [-0.39, 0.29) is 12.3 Å². The van der Waals surface area contributed by atoms with Gasteiger partial charge in [-0.1, -0.05) is 48.5 Å². The fourth-order valence-electron chi connectivity index (χ4n) is 18.2. The van der Waals surface area contributed by atoms with Gasteiger partial charge in [-0.05, 0) is 206 Å². The maximum atomic E-state index is 7.17. The predicted octanol–water partition coefficient (Wildman–Crippen LogP) is 13.4. The van der Waals surface area contributed by atoms with Crippen LogP contribution < -0.4 is 10.9 Å². The molecular weight excluding hydrogens is 767 g/mol. The molecule has 63 heavy (non-hydrogen) atoms. The minimum Gasteiger partial charge on any atom is -0.454 e. The van der Waals surface area contributed by atoms with Crippen LogP contribution >= 0.6 is 0 Å². The lowest BCUT2D eigenvalue weighted by molar-refractivity contribution is -0.00527. The molecule has 304 valence electrons. The highest BCUT2D eigenvalue weighted by Crippen LogP contribution is 2.63. The molecule has 10 aromatic rings. The maximum absolute atomic E-state index is 7.17. The van der Waals surface area contributed by atoms with Gasteiger partial charge in [0.1, 0.15) is 16.7 Å². The molecule has 8 bridgehead atoms. The fraction of sp³-hybridized carbons (Fsp3) is 0.345. The third kappa shape index (κ3) is 3.79. The van der Waals surface area contributed by atoms with E-state index < -0.39 is 0 Å². The molecule has 2 aliphatic heterocycles. The molecule has 4 nitrogen and oxygen atoms in total. The second-order valence-corrected chi connectivity index (χ2v) is 22.8. The van der Waals surface area contributed by atoms with Gasteiger partial charge in [-0.15, -0.1) is 0 Å². The van der Waals surface area contributed by atoms with Crippen LogP contribution in [0.15, 0.2) is 112 Å². The van der Waals surface area contributed by atoms with Crippen LogP contribution in [-0.4, -0.2) is 15.9 Å². The van der Waals surface area contributed by atoms with Gasteiger partial charge < -0.3 is 17.9 Å². The normalized spacial score (nSPS) is 30.5. The second kappa shape index (κ2) is 10.6. The first-order valence-corrected chi connectivity index (χ1v) is 24.6. The molecule has 6 aromatic carbocycles. The van der Waals surface area contributed by atoms with Crippen LogP contribution in [0, 0.1) is 35.5 Å². The average Bonchev–Trinajstić information content (AvgIpc) is 4.03. The van der Waals surface area contributed by atoms with E-state index in [9.17, 15) is 0 Å². The molecule has 0 radical (unpaired) electrons. The fourth-order valence-corrected chi connectivity index (χ4v) is 18.2. The SMILES string of the molecule is c1ccc2c(c1)oc1c3c4c(cc12)-c1cc(C25CC6CC(CC(C6)C2)C5)cc2c5cc(C67CC8CC(CC(C8)C6)C7)ccc5n(c12)B4c1cccc2c4oc5ccccc5c4n-3c12. The van der Waals surface area contributed by atoms with Crippen LogP contribution in [0.25, 0.3) is 93.5 Å². The molecule has 5 heteroatoms. The first-order valence-electron chi connectivity index (χ1n) is 24.6. The van der Waals surface area contributed by atoms with E-state index in [4.69, 9.17) is 8.83 Å². The predicted molar refractivity (Wildman–Crippen MR) is 256 cm³/mol. The van der Waals surface area contributed by atoms with Crippen molar-refractivity contribution in [3.05, 3.63) is 114 Å². The number of hydrogen-bond donors (Lipinski definition) is 0. The lowest BCUT2D eigenvalue weighted by Crippen LogP contribution is -2.55. The molecule has 6 heterocycles. The van der Waals surface area contributed by atoms with E-state index in [1.807, 2.05) is 0 Å². The van der Waals surface area contributed by atoms with Gasteiger partial charge in [0, 0.05) is 48.9 Å². The molecule has 0 amide bonds. The largest absolute Gasteiger partial charge is 0.454 e. The molecule has 0 atom stereocenters. The van der Waals surface area contributed by atoms with Gasteiger partial charge in [0.2, 0.25) is 0 Å². The Morgan fingerprint density at radius 2 is 1.06 bits per heavy atom. The van der Waals surface area contributed by atoms with E-state index in [0.29, 0.717) is 5.41 Å². The molecule has 0 N–H and O–H groups in total. The summed E-state index contributed by atoms with van der Waals surface area (Å²) in [5.74, 6) is 5.42. The molecule has 0 saturated heterocycles. The topological polar surface area (TPSA) is 36.1 Å². The van der Waals surface area contributed by atoms with Gasteiger partial charge >= 0.3 is 6.85 Å². The number of furan rings is 2. The van der Waals surface area contributed by atoms with E-state index in [1.165, 1.54) is 148 Å². The van der Waals surface area contributed by atoms with Crippen molar-refractivity contribution in [2.24, 2.45) is 35.5 Å². The number of fused-ring (bicyclic) bond motifs is 16. The molecule has 8 saturated carbocycles. The second-order valence-electron chi connectivity index (χ2n) is 22.8. The Kier molecular flexibility index (Phi) is 5.56. The number of para-hydroxylation sites is 3. The number of aromatic nitrogens is 2. The third-order valence-electron chi connectivity index (χ3n) is 19.5. The van der Waals surface area contributed by atoms with Crippen molar-refractivity contribution in [2.45, 2.75) is 87.9 Å². The zero-order valence-electron chi connectivity index (χ0n) is 35.6. The van der Waals surface area contributed by atoms with Gasteiger partial charge in [-0.25, -0.2) is 0 Å². The van der Waals surface area contributed by atoms with Crippen LogP contribution in [-0.2, 0) is 10.8 Å². The van der Waals surface area contributed by atoms with Crippen molar-refractivity contribution in [1.29, 1.82) is 0 Å². The summed E-state index contributed by atoms with van der Waals surface area (Å²) >= 11 is 0. The zero-order valence-corrected chi connectivity index (χ0v) is 35.6. The number of benzene rings is 6. The number of nitrogens with zero attached hydrogens (tertiary/aromatic N) is 2. The quantitative estimate of drug-likeness (QED) is 0.163. The van der Waals surface area contributed by atoms with Crippen LogP contribution in [0.4, 0.5) is 0 Å². The molecule has 20 rings (SSSR count). The maximum Gasteiger partial charge on any atom is 0.333 e. The Morgan fingerprint density at radius 3 is 1.78 bits per heavy atom. The number of rotatable bonds is 2. The van der Waals surface area contributed by atoms with E-state index in [2.05, 4.69) is 112 Å². The highest BCUT2D eigenvalue weighted by molar-refractivity contribution is 6.90. The Bertz CT molecular complexity index is 3720. The Hall–Kier alpha value is -5.68. The van der Waals surface area contributed by atoms with Crippen molar-refractivity contribution in [3.63, 3.8) is 0 Å². The lowest BCUT2D eigenvalue weighted by Gasteiger charge is -2.57. The molecule has 10 aliphatic rings. The summed E-state index contributed by atoms with van der Waals surface area (Å²) < 4.78 is 19.5. The van der Waals surface area contributed by atoms with Crippen LogP contribution in [0.5, 0.6) is 0 Å². The van der Waals surface area contributed by atoms with Gasteiger partial charge in [0.15, 0.2) is 11.2 Å². The van der Waals surface area contributed by atoms with Crippen molar-refractivity contribution >= 4 is 94.5 Å². The first-order chi connectivity index (χ1) is 31.0. The van der Waals surface area contributed by atoms with Gasteiger partial charge in [-0.3, -0.25) is 0 Å². The summed E-state index contributed by atoms with van der Waals surface area (Å²) in [7, 11) is 0. The minimum atomic E-state index is -0.0163. The Balaban J connectivity index is 1.01. The molecule has 8 fully saturated rings. The van der Waals surface area contributed by atoms with Crippen molar-refractivity contribution in [2.75, 3.05) is 0 Å². The standard InChI is InChI=1S/C58H47BN2O2/c1-3-10-48-38(6-1)45-23-42-44-22-37(58-27-33-17-34(28-58)19-35(18-33)29-58)21-43-41-20-36(57-24-30-14-31(25-57)16-32(15-30)26-57)12-13-47(41)61(51(43)44)59-46-9-5-8-40-52(46)60(54(50(42)59)56(45)62-48)53-39-7-2-4-11-49(39)63-55(40)53/h1-13,20-23,30-35H,14-19,24-29H2. The average molecular weight is 815 g/mol. The molecule has 0 unspecified atom stereocenters. The molecule has 4 aromatic heterocycles. The monoisotopic (exact) mass is 814 g/mol. The lowest BCUT2D eigenvalue weighted by atomic mass is 9.45. The van der Waals surface area contributed by atoms with E-state index in [1.54, 1.807) is 11.1 Å². The highest BCUT2D eigenvalue weighted by Gasteiger charge is 2.54. The van der Waals surface area contributed by atoms with Gasteiger partial charge in [0.25, 0.3) is 0 Å². The summed E-state index contributed by atoms with van der Waals surface area (Å²) in [5, 5.41) is 7.72. The number of hydrogen-bond acceptors (Lipinski definition) is 2. The molecule has 8 aliphatic carbocycles. The van der Waals surface area contributed by atoms with Crippen LogP contribution in [0.1, 0.15) is 88.2 Å². The van der Waals surface area contributed by atoms with Crippen molar-refractivity contribution in [3.8, 4) is 16.8 Å². The van der Waals surface area contributed by atoms with E-state index in [0.717, 1.165) is 68.7 Å². The summed E-state index contributed by atoms with van der Waals surface area (Å²) in [5.41, 5.74) is 19.7. The van der Waals surface area contributed by atoms with Gasteiger partial charge in [0.05, 0.1) is 11.2 Å². The first kappa shape index (κ1) is 32.9.